The van der Waals surface area contributed by atoms with Gasteiger partial charge in [-0.3, -0.25) is 28.9 Å². The average molecular weight is 475 g/mol. The van der Waals surface area contributed by atoms with Crippen LogP contribution in [-0.4, -0.2) is 84.0 Å². The fourth-order valence-corrected chi connectivity index (χ4v) is 6.02. The first-order valence-corrected chi connectivity index (χ1v) is 10.8. The van der Waals surface area contributed by atoms with E-state index in [1.807, 2.05) is 0 Å². The van der Waals surface area contributed by atoms with Crippen molar-refractivity contribution in [2.75, 3.05) is 33.1 Å². The number of Topliss-reactive ketones (excluding diaryl/α,β-unsaturated/α-hetero) is 4. The summed E-state index contributed by atoms with van der Waals surface area (Å²) in [5.41, 5.74) is 2.80. The molecule has 34 heavy (non-hydrogen) atoms. The first-order valence-electron chi connectivity index (χ1n) is 10.8. The third-order valence-corrected chi connectivity index (χ3v) is 7.47. The summed E-state index contributed by atoms with van der Waals surface area (Å²) in [5, 5.41) is 21.8. The van der Waals surface area contributed by atoms with Crippen LogP contribution in [0.2, 0.25) is 0 Å². The Bertz CT molecular complexity index is 1160. The molecule has 1 amide bonds. The summed E-state index contributed by atoms with van der Waals surface area (Å²) in [6.07, 6.45) is 0.0160. The largest absolute Gasteiger partial charge is 0.504 e. The maximum absolute atomic E-state index is 14.4. The number of phenols is 1. The van der Waals surface area contributed by atoms with Crippen molar-refractivity contribution < 1.29 is 38.6 Å². The number of nitrogens with zero attached hydrogens (tertiary/aromatic N) is 2. The van der Waals surface area contributed by atoms with Crippen molar-refractivity contribution >= 4 is 34.7 Å². The van der Waals surface area contributed by atoms with E-state index in [2.05, 4.69) is 0 Å². The molecule has 1 aromatic rings. The number of likely N-dealkylation sites (N-methyl/N-ethyl adjacent to an activating group) is 1. The first-order chi connectivity index (χ1) is 15.7. The van der Waals surface area contributed by atoms with Crippen molar-refractivity contribution in [2.24, 2.45) is 29.4 Å². The molecule has 182 valence electrons. The molecular formula is C23H26FN3O7. The standard InChI is InChI=1S/C23H26FN3O7/c1-26(2)12-7-11(24)17(28)14-9(12)5-8-6-10-16(27(3)4)19(30)15(22(25)33)21(32)23(10,34)20(31)13(8)18(14)29/h7-8,10,13,15-16,28,34H,5-6H2,1-4H3,(H2,25,33)/t8-,10-,13?,15?,16?,23-/m1/s1. The Morgan fingerprint density at radius 3 is 2.29 bits per heavy atom. The summed E-state index contributed by atoms with van der Waals surface area (Å²) in [6, 6.07) is -0.0761. The van der Waals surface area contributed by atoms with Gasteiger partial charge in [0.1, 0.15) is 0 Å². The number of ketones is 4. The number of carbonyl (C=O) groups excluding carboxylic acids is 5. The number of rotatable bonds is 3. The molecule has 2 fully saturated rings. The molecule has 0 aliphatic heterocycles. The van der Waals surface area contributed by atoms with Crippen molar-refractivity contribution in [3.8, 4) is 5.75 Å². The molecule has 3 aliphatic carbocycles. The molecule has 1 aromatic carbocycles. The van der Waals surface area contributed by atoms with E-state index < -0.39 is 75.9 Å². The molecule has 3 aliphatic rings. The molecule has 10 nitrogen and oxygen atoms in total. The lowest BCUT2D eigenvalue weighted by atomic mass is 9.52. The number of fused-ring (bicyclic) bond motifs is 3. The van der Waals surface area contributed by atoms with E-state index >= 15 is 0 Å². The van der Waals surface area contributed by atoms with E-state index in [0.717, 1.165) is 6.07 Å². The number of benzene rings is 1. The van der Waals surface area contributed by atoms with E-state index in [1.54, 1.807) is 19.0 Å². The van der Waals surface area contributed by atoms with Crippen LogP contribution in [0.4, 0.5) is 10.1 Å². The normalized spacial score (nSPS) is 32.9. The predicted octanol–water partition coefficient (Wildman–Crippen LogP) is -0.928. The van der Waals surface area contributed by atoms with E-state index in [4.69, 9.17) is 5.73 Å². The highest BCUT2D eigenvalue weighted by Gasteiger charge is 2.69. The lowest BCUT2D eigenvalue weighted by molar-refractivity contribution is -0.181. The summed E-state index contributed by atoms with van der Waals surface area (Å²) >= 11 is 0. The van der Waals surface area contributed by atoms with Gasteiger partial charge in [0.2, 0.25) is 5.91 Å². The molecule has 0 aromatic heterocycles. The van der Waals surface area contributed by atoms with Crippen LogP contribution in [0.3, 0.4) is 0 Å². The topological polar surface area (TPSA) is 158 Å². The monoisotopic (exact) mass is 475 g/mol. The summed E-state index contributed by atoms with van der Waals surface area (Å²) in [6.45, 7) is 0. The van der Waals surface area contributed by atoms with E-state index in [9.17, 15) is 38.6 Å². The Balaban J connectivity index is 1.91. The van der Waals surface area contributed by atoms with Crippen molar-refractivity contribution in [2.45, 2.75) is 24.5 Å². The van der Waals surface area contributed by atoms with Crippen LogP contribution in [0.25, 0.3) is 0 Å². The zero-order chi connectivity index (χ0) is 25.4. The molecule has 0 heterocycles. The number of carbonyl (C=O) groups is 5. The first kappa shape index (κ1) is 24.0. The highest BCUT2D eigenvalue weighted by molar-refractivity contribution is 6.32. The molecule has 0 bridgehead atoms. The Labute approximate surface area is 194 Å². The molecule has 0 radical (unpaired) electrons. The molecule has 4 N–H and O–H groups in total. The number of primary amides is 1. The maximum atomic E-state index is 14.4. The number of amides is 1. The third kappa shape index (κ3) is 2.96. The fourth-order valence-electron chi connectivity index (χ4n) is 6.02. The van der Waals surface area contributed by atoms with Gasteiger partial charge in [0.25, 0.3) is 0 Å². The summed E-state index contributed by atoms with van der Waals surface area (Å²) in [7, 11) is 6.30. The van der Waals surface area contributed by atoms with Crippen molar-refractivity contribution in [3.63, 3.8) is 0 Å². The minimum Gasteiger partial charge on any atom is -0.504 e. The predicted molar refractivity (Wildman–Crippen MR) is 116 cm³/mol. The van der Waals surface area contributed by atoms with Gasteiger partial charge in [-0.15, -0.1) is 0 Å². The van der Waals surface area contributed by atoms with Gasteiger partial charge in [0.05, 0.1) is 17.5 Å². The minimum absolute atomic E-state index is 0.0606. The Hall–Kier alpha value is -3.18. The number of hydrogen-bond donors (Lipinski definition) is 3. The van der Waals surface area contributed by atoms with E-state index in [0.29, 0.717) is 11.3 Å². The SMILES string of the molecule is CN(C)c1cc(F)c(O)c2c1C[C@@H]1C[C@@H]3C(N(C)C)C(=O)C(C(N)=O)C(=O)[C@]3(O)C(=O)C1C2=O. The number of hydrogen-bond acceptors (Lipinski definition) is 9. The highest BCUT2D eigenvalue weighted by atomic mass is 19.1. The lowest BCUT2D eigenvalue weighted by Crippen LogP contribution is -2.74. The lowest BCUT2D eigenvalue weighted by Gasteiger charge is -2.52. The average Bonchev–Trinajstić information content (AvgIpc) is 2.72. The van der Waals surface area contributed by atoms with Gasteiger partial charge in [-0.2, -0.15) is 0 Å². The zero-order valence-electron chi connectivity index (χ0n) is 19.2. The summed E-state index contributed by atoms with van der Waals surface area (Å²) in [4.78, 5) is 68.3. The third-order valence-electron chi connectivity index (χ3n) is 7.47. The number of aromatic hydroxyl groups is 1. The second-order valence-corrected chi connectivity index (χ2v) is 9.76. The summed E-state index contributed by atoms with van der Waals surface area (Å²) < 4.78 is 14.4. The Morgan fingerprint density at radius 1 is 1.15 bits per heavy atom. The van der Waals surface area contributed by atoms with Crippen molar-refractivity contribution in [1.29, 1.82) is 0 Å². The highest BCUT2D eigenvalue weighted by Crippen LogP contribution is 2.52. The van der Waals surface area contributed by atoms with Crippen LogP contribution in [0.1, 0.15) is 22.3 Å². The molecule has 3 unspecified atom stereocenters. The van der Waals surface area contributed by atoms with Gasteiger partial charge in [-0.05, 0) is 38.4 Å². The Kier molecular flexibility index (Phi) is 5.41. The van der Waals surface area contributed by atoms with Crippen LogP contribution in [0, 0.1) is 29.5 Å². The quantitative estimate of drug-likeness (QED) is 0.470. The van der Waals surface area contributed by atoms with Gasteiger partial charge in [0, 0.05) is 31.8 Å². The van der Waals surface area contributed by atoms with Crippen molar-refractivity contribution in [3.05, 3.63) is 23.0 Å². The number of halogens is 1. The number of phenolic OH excluding ortho intramolecular Hbond substituents is 1. The van der Waals surface area contributed by atoms with E-state index in [1.165, 1.54) is 19.0 Å². The number of anilines is 1. The minimum atomic E-state index is -2.80. The second-order valence-electron chi connectivity index (χ2n) is 9.76. The number of aliphatic hydroxyl groups is 1. The molecule has 11 heteroatoms. The molecule has 0 saturated heterocycles. The van der Waals surface area contributed by atoms with Crippen LogP contribution >= 0.6 is 0 Å². The van der Waals surface area contributed by atoms with Crippen LogP contribution in [0.5, 0.6) is 5.75 Å². The second kappa shape index (κ2) is 7.67. The molecule has 4 rings (SSSR count). The van der Waals surface area contributed by atoms with Gasteiger partial charge in [-0.1, -0.05) is 0 Å². The van der Waals surface area contributed by atoms with Gasteiger partial charge in [-0.25, -0.2) is 4.39 Å². The number of nitrogens with two attached hydrogens (primary N) is 1. The zero-order valence-corrected chi connectivity index (χ0v) is 19.2. The van der Waals surface area contributed by atoms with Gasteiger partial charge < -0.3 is 20.8 Å². The Morgan fingerprint density at radius 2 is 1.76 bits per heavy atom. The molecule has 2 saturated carbocycles. The van der Waals surface area contributed by atoms with Crippen LogP contribution in [0.15, 0.2) is 6.07 Å². The van der Waals surface area contributed by atoms with Crippen LogP contribution < -0.4 is 10.6 Å². The van der Waals surface area contributed by atoms with E-state index in [-0.39, 0.29) is 18.4 Å². The van der Waals surface area contributed by atoms with Gasteiger partial charge >= 0.3 is 0 Å². The summed E-state index contributed by atoms with van der Waals surface area (Å²) in [5.74, 6) is -13.0. The van der Waals surface area contributed by atoms with Crippen molar-refractivity contribution in [1.82, 2.24) is 4.90 Å². The molecular weight excluding hydrogens is 449 g/mol. The molecule has 6 atom stereocenters. The maximum Gasteiger partial charge on any atom is 0.235 e. The van der Waals surface area contributed by atoms with Crippen LogP contribution in [-0.2, 0) is 25.6 Å². The fraction of sp³-hybridized carbons (Fsp3) is 0.522. The smallest absolute Gasteiger partial charge is 0.235 e. The van der Waals surface area contributed by atoms with Gasteiger partial charge in [0.15, 0.2) is 46.2 Å². The molecule has 0 spiro atoms.